The van der Waals surface area contributed by atoms with Crippen molar-refractivity contribution < 1.29 is 4.74 Å². The molecule has 102 valence electrons. The van der Waals surface area contributed by atoms with Crippen LogP contribution in [0.2, 0.25) is 0 Å². The fourth-order valence-corrected chi connectivity index (χ4v) is 2.77. The molecule has 0 amide bonds. The third-order valence-electron chi connectivity index (χ3n) is 4.03. The third-order valence-corrected chi connectivity index (χ3v) is 4.03. The van der Waals surface area contributed by atoms with E-state index in [1.165, 1.54) is 44.9 Å². The van der Waals surface area contributed by atoms with Crippen molar-refractivity contribution in [1.29, 1.82) is 0 Å². The summed E-state index contributed by atoms with van der Waals surface area (Å²) in [4.78, 5) is 0. The molecule has 0 radical (unpaired) electrons. The molecule has 1 fully saturated rings. The van der Waals surface area contributed by atoms with Gasteiger partial charge in [-0.2, -0.15) is 0 Å². The Balaban J connectivity index is 2.14. The lowest BCUT2D eigenvalue weighted by molar-refractivity contribution is -0.0145. The predicted octanol–water partition coefficient (Wildman–Crippen LogP) is 3.14. The summed E-state index contributed by atoms with van der Waals surface area (Å²) in [6.07, 6.45) is 11.5. The van der Waals surface area contributed by atoms with Crippen LogP contribution in [0.4, 0.5) is 0 Å². The minimum Gasteiger partial charge on any atom is -0.374 e. The van der Waals surface area contributed by atoms with E-state index in [4.69, 9.17) is 10.6 Å². The van der Waals surface area contributed by atoms with Crippen LogP contribution in [0.3, 0.4) is 0 Å². The van der Waals surface area contributed by atoms with Crippen LogP contribution in [0.25, 0.3) is 0 Å². The minimum absolute atomic E-state index is 0.0296. The van der Waals surface area contributed by atoms with Crippen molar-refractivity contribution in [2.75, 3.05) is 6.61 Å². The van der Waals surface area contributed by atoms with Gasteiger partial charge < -0.3 is 4.74 Å². The van der Waals surface area contributed by atoms with Crippen LogP contribution in [0, 0.1) is 0 Å². The molecule has 2 unspecified atom stereocenters. The second kappa shape index (κ2) is 8.06. The number of hydrazine groups is 1. The van der Waals surface area contributed by atoms with Crippen molar-refractivity contribution in [3.63, 3.8) is 0 Å². The van der Waals surface area contributed by atoms with Crippen LogP contribution in [-0.2, 0) is 4.74 Å². The lowest BCUT2D eigenvalue weighted by Gasteiger charge is -2.32. The minimum atomic E-state index is -0.0296. The average molecular weight is 242 g/mol. The molecule has 3 N–H and O–H groups in total. The maximum atomic E-state index is 5.85. The molecule has 1 saturated heterocycles. The van der Waals surface area contributed by atoms with Gasteiger partial charge in [-0.1, -0.05) is 45.4 Å². The quantitative estimate of drug-likeness (QED) is 0.371. The number of nitrogens with two attached hydrogens (primary N) is 1. The van der Waals surface area contributed by atoms with Gasteiger partial charge in [-0.15, -0.1) is 0 Å². The van der Waals surface area contributed by atoms with E-state index >= 15 is 0 Å². The smallest absolute Gasteiger partial charge is 0.0821 e. The Hall–Kier alpha value is -0.120. The highest BCUT2D eigenvalue weighted by molar-refractivity contribution is 4.91. The van der Waals surface area contributed by atoms with Gasteiger partial charge in [-0.05, 0) is 26.2 Å². The molecule has 3 nitrogen and oxygen atoms in total. The van der Waals surface area contributed by atoms with Gasteiger partial charge in [0.25, 0.3) is 0 Å². The molecule has 3 heteroatoms. The first-order valence-electron chi connectivity index (χ1n) is 7.33. The Morgan fingerprint density at radius 3 is 2.53 bits per heavy atom. The summed E-state index contributed by atoms with van der Waals surface area (Å²) < 4.78 is 5.85. The van der Waals surface area contributed by atoms with E-state index in [0.717, 1.165) is 19.4 Å². The lowest BCUT2D eigenvalue weighted by atomic mass is 9.89. The van der Waals surface area contributed by atoms with Crippen LogP contribution in [0.15, 0.2) is 0 Å². The first-order chi connectivity index (χ1) is 8.23. The number of unbranched alkanes of at least 4 members (excludes halogenated alkanes) is 5. The Bertz CT molecular complexity index is 191. The predicted molar refractivity (Wildman–Crippen MR) is 72.7 cm³/mol. The van der Waals surface area contributed by atoms with Crippen LogP contribution >= 0.6 is 0 Å². The summed E-state index contributed by atoms with van der Waals surface area (Å²) in [5, 5.41) is 0. The van der Waals surface area contributed by atoms with Gasteiger partial charge in [0.1, 0.15) is 0 Å². The van der Waals surface area contributed by atoms with Gasteiger partial charge >= 0.3 is 0 Å². The fraction of sp³-hybridized carbons (Fsp3) is 1.00. The Kier molecular flexibility index (Phi) is 7.09. The number of hydrogen-bond donors (Lipinski definition) is 2. The van der Waals surface area contributed by atoms with Crippen molar-refractivity contribution in [1.82, 2.24) is 5.43 Å². The summed E-state index contributed by atoms with van der Waals surface area (Å²) in [5.41, 5.74) is 2.93. The molecule has 1 aliphatic rings. The van der Waals surface area contributed by atoms with E-state index in [-0.39, 0.29) is 5.60 Å². The zero-order chi connectivity index (χ0) is 12.6. The fourth-order valence-electron chi connectivity index (χ4n) is 2.77. The average Bonchev–Trinajstić information content (AvgIpc) is 2.76. The molecule has 17 heavy (non-hydrogen) atoms. The van der Waals surface area contributed by atoms with Gasteiger partial charge in [-0.25, -0.2) is 0 Å². The van der Waals surface area contributed by atoms with Crippen molar-refractivity contribution >= 4 is 0 Å². The number of hydrogen-bond acceptors (Lipinski definition) is 3. The summed E-state index contributed by atoms with van der Waals surface area (Å²) in [7, 11) is 0. The number of ether oxygens (including phenoxy) is 1. The Morgan fingerprint density at radius 2 is 1.94 bits per heavy atom. The molecule has 0 bridgehead atoms. The third kappa shape index (κ3) is 4.94. The topological polar surface area (TPSA) is 47.3 Å². The van der Waals surface area contributed by atoms with Crippen molar-refractivity contribution in [2.45, 2.75) is 83.3 Å². The molecule has 0 spiro atoms. The first-order valence-corrected chi connectivity index (χ1v) is 7.33. The van der Waals surface area contributed by atoms with E-state index in [9.17, 15) is 0 Å². The normalized spacial score (nSPS) is 26.3. The molecule has 1 heterocycles. The highest BCUT2D eigenvalue weighted by atomic mass is 16.5. The van der Waals surface area contributed by atoms with Crippen LogP contribution in [-0.4, -0.2) is 18.2 Å². The van der Waals surface area contributed by atoms with Gasteiger partial charge in [0.2, 0.25) is 0 Å². The zero-order valence-electron chi connectivity index (χ0n) is 11.6. The van der Waals surface area contributed by atoms with Crippen molar-refractivity contribution in [2.24, 2.45) is 5.84 Å². The van der Waals surface area contributed by atoms with Gasteiger partial charge in [0.15, 0.2) is 0 Å². The van der Waals surface area contributed by atoms with Crippen LogP contribution in [0.5, 0.6) is 0 Å². The zero-order valence-corrected chi connectivity index (χ0v) is 11.6. The Labute approximate surface area is 106 Å². The lowest BCUT2D eigenvalue weighted by Crippen LogP contribution is -2.51. The maximum absolute atomic E-state index is 5.85. The molecular formula is C14H30N2O. The van der Waals surface area contributed by atoms with Crippen LogP contribution in [0.1, 0.15) is 71.6 Å². The molecule has 0 aromatic carbocycles. The summed E-state index contributed by atoms with van der Waals surface area (Å²) in [6.45, 7) is 5.35. The molecule has 1 rings (SSSR count). The van der Waals surface area contributed by atoms with Gasteiger partial charge in [0.05, 0.1) is 5.60 Å². The summed E-state index contributed by atoms with van der Waals surface area (Å²) in [5.74, 6) is 5.67. The SMILES string of the molecule is CCCCCCCCC(NN)C1(C)CCCO1. The van der Waals surface area contributed by atoms with Crippen LogP contribution < -0.4 is 11.3 Å². The standard InChI is InChI=1S/C14H30N2O/c1-3-4-5-6-7-8-10-13(16-15)14(2)11-9-12-17-14/h13,16H,3-12,15H2,1-2H3. The largest absolute Gasteiger partial charge is 0.374 e. The molecular weight excluding hydrogens is 212 g/mol. The molecule has 0 aromatic heterocycles. The number of nitrogens with one attached hydrogen (secondary N) is 1. The highest BCUT2D eigenvalue weighted by Crippen LogP contribution is 2.30. The summed E-state index contributed by atoms with van der Waals surface area (Å²) in [6, 6.07) is 0.316. The maximum Gasteiger partial charge on any atom is 0.0821 e. The Morgan fingerprint density at radius 1 is 1.24 bits per heavy atom. The van der Waals surface area contributed by atoms with E-state index in [1.807, 2.05) is 0 Å². The second-order valence-electron chi connectivity index (χ2n) is 5.54. The van der Waals surface area contributed by atoms with Crippen molar-refractivity contribution in [3.05, 3.63) is 0 Å². The van der Waals surface area contributed by atoms with Crippen molar-refractivity contribution in [3.8, 4) is 0 Å². The molecule has 0 aliphatic carbocycles. The highest BCUT2D eigenvalue weighted by Gasteiger charge is 2.37. The molecule has 0 aromatic rings. The van der Waals surface area contributed by atoms with E-state index in [0.29, 0.717) is 6.04 Å². The van der Waals surface area contributed by atoms with Gasteiger partial charge in [0, 0.05) is 12.6 Å². The summed E-state index contributed by atoms with van der Waals surface area (Å²) >= 11 is 0. The second-order valence-corrected chi connectivity index (χ2v) is 5.54. The van der Waals surface area contributed by atoms with Gasteiger partial charge in [-0.3, -0.25) is 11.3 Å². The van der Waals surface area contributed by atoms with E-state index in [2.05, 4.69) is 19.3 Å². The first kappa shape index (κ1) is 14.9. The molecule has 2 atom stereocenters. The van der Waals surface area contributed by atoms with E-state index < -0.39 is 0 Å². The molecule has 1 aliphatic heterocycles. The number of rotatable bonds is 9. The monoisotopic (exact) mass is 242 g/mol. The van der Waals surface area contributed by atoms with E-state index in [1.54, 1.807) is 0 Å². The molecule has 0 saturated carbocycles.